The molecule has 0 saturated heterocycles. The van der Waals surface area contributed by atoms with E-state index in [9.17, 15) is 13.6 Å². The molecule has 0 unspecified atom stereocenters. The van der Waals surface area contributed by atoms with Gasteiger partial charge in [-0.3, -0.25) is 0 Å². The summed E-state index contributed by atoms with van der Waals surface area (Å²) in [5.41, 5.74) is 1.15. The Kier molecular flexibility index (Phi) is 3.52. The van der Waals surface area contributed by atoms with E-state index in [2.05, 4.69) is 4.98 Å². The number of carboxylic acids is 1. The first-order valence-corrected chi connectivity index (χ1v) is 7.53. The molecule has 0 aliphatic heterocycles. The monoisotopic (exact) mass is 323 g/mol. The van der Waals surface area contributed by atoms with Crippen LogP contribution in [0, 0.1) is 11.6 Å². The van der Waals surface area contributed by atoms with Gasteiger partial charge in [0.05, 0.1) is 16.1 Å². The van der Waals surface area contributed by atoms with Crippen molar-refractivity contribution in [3.05, 3.63) is 52.2 Å². The number of hydrogen-bond donors (Lipinski definition) is 1. The molecule has 0 spiro atoms. The molecular formula is C14H7F2NO2S2. The molecular weight excluding hydrogens is 316 g/mol. The van der Waals surface area contributed by atoms with Gasteiger partial charge >= 0.3 is 5.97 Å². The van der Waals surface area contributed by atoms with Crippen LogP contribution < -0.4 is 0 Å². The minimum absolute atomic E-state index is 0.196. The third kappa shape index (κ3) is 2.84. The highest BCUT2D eigenvalue weighted by Gasteiger charge is 2.12. The average Bonchev–Trinajstić information content (AvgIpc) is 3.07. The molecule has 0 saturated carbocycles. The summed E-state index contributed by atoms with van der Waals surface area (Å²) in [6.07, 6.45) is 0. The van der Waals surface area contributed by atoms with Crippen molar-refractivity contribution >= 4 is 28.6 Å². The lowest BCUT2D eigenvalue weighted by atomic mass is 10.2. The van der Waals surface area contributed by atoms with Crippen molar-refractivity contribution in [2.75, 3.05) is 0 Å². The Morgan fingerprint density at radius 2 is 1.76 bits per heavy atom. The second-order valence-electron chi connectivity index (χ2n) is 4.20. The number of carboxylic acid groups (broad SMARTS) is 1. The van der Waals surface area contributed by atoms with Gasteiger partial charge in [0, 0.05) is 22.4 Å². The molecule has 1 aromatic carbocycles. The van der Waals surface area contributed by atoms with Crippen LogP contribution in [0.5, 0.6) is 0 Å². The zero-order valence-corrected chi connectivity index (χ0v) is 12.0. The van der Waals surface area contributed by atoms with Crippen molar-refractivity contribution < 1.29 is 18.7 Å². The van der Waals surface area contributed by atoms with Gasteiger partial charge in [0.1, 0.15) is 16.6 Å². The second kappa shape index (κ2) is 5.34. The summed E-state index contributed by atoms with van der Waals surface area (Å²) in [4.78, 5) is 15.9. The molecule has 0 aliphatic rings. The van der Waals surface area contributed by atoms with E-state index in [0.29, 0.717) is 21.1 Å². The summed E-state index contributed by atoms with van der Waals surface area (Å²) in [7, 11) is 0. The quantitative estimate of drug-likeness (QED) is 0.771. The van der Waals surface area contributed by atoms with Crippen LogP contribution in [0.25, 0.3) is 21.1 Å². The van der Waals surface area contributed by atoms with E-state index < -0.39 is 17.6 Å². The first-order chi connectivity index (χ1) is 10.0. The van der Waals surface area contributed by atoms with Crippen molar-refractivity contribution in [3.63, 3.8) is 0 Å². The maximum atomic E-state index is 13.2. The Labute approximate surface area is 126 Å². The first-order valence-electron chi connectivity index (χ1n) is 5.77. The fourth-order valence-electron chi connectivity index (χ4n) is 1.78. The maximum absolute atomic E-state index is 13.2. The summed E-state index contributed by atoms with van der Waals surface area (Å²) in [6, 6.07) is 4.75. The predicted molar refractivity (Wildman–Crippen MR) is 77.7 cm³/mol. The van der Waals surface area contributed by atoms with Crippen LogP contribution in [-0.4, -0.2) is 16.1 Å². The van der Waals surface area contributed by atoms with Crippen LogP contribution in [0.2, 0.25) is 0 Å². The number of hydrogen-bond acceptors (Lipinski definition) is 4. The lowest BCUT2D eigenvalue weighted by Gasteiger charge is -1.97. The van der Waals surface area contributed by atoms with E-state index in [1.165, 1.54) is 46.3 Å². The molecule has 0 amide bonds. The SMILES string of the molecule is O=C(O)c1csc(-c2csc(-c3cc(F)cc(F)c3)n2)c1. The number of thiophene rings is 1. The standard InChI is InChI=1S/C14H7F2NO2S2/c15-9-1-7(2-10(16)4-9)13-17-11(6-21-13)12-3-8(5-20-12)14(18)19/h1-6H,(H,18,19). The molecule has 0 bridgehead atoms. The number of halogens is 2. The van der Waals surface area contributed by atoms with Crippen molar-refractivity contribution in [1.29, 1.82) is 0 Å². The van der Waals surface area contributed by atoms with Gasteiger partial charge in [-0.05, 0) is 18.2 Å². The van der Waals surface area contributed by atoms with Crippen LogP contribution in [-0.2, 0) is 0 Å². The van der Waals surface area contributed by atoms with Crippen LogP contribution >= 0.6 is 22.7 Å². The lowest BCUT2D eigenvalue weighted by Crippen LogP contribution is -1.91. The second-order valence-corrected chi connectivity index (χ2v) is 5.97. The molecule has 3 aromatic rings. The molecule has 0 atom stereocenters. The Morgan fingerprint density at radius 1 is 1.05 bits per heavy atom. The maximum Gasteiger partial charge on any atom is 0.336 e. The fourth-order valence-corrected chi connectivity index (χ4v) is 3.51. The van der Waals surface area contributed by atoms with Gasteiger partial charge in [0.2, 0.25) is 0 Å². The van der Waals surface area contributed by atoms with Crippen LogP contribution in [0.4, 0.5) is 8.78 Å². The third-order valence-electron chi connectivity index (χ3n) is 2.71. The zero-order chi connectivity index (χ0) is 15.0. The number of rotatable bonds is 3. The van der Waals surface area contributed by atoms with Gasteiger partial charge in [-0.25, -0.2) is 18.6 Å². The normalized spacial score (nSPS) is 10.8. The molecule has 0 fully saturated rings. The van der Waals surface area contributed by atoms with Gasteiger partial charge < -0.3 is 5.11 Å². The Balaban J connectivity index is 1.97. The number of benzene rings is 1. The number of aromatic carboxylic acids is 1. The Bertz CT molecular complexity index is 806. The molecule has 2 aromatic heterocycles. The van der Waals surface area contributed by atoms with E-state index in [-0.39, 0.29) is 5.56 Å². The number of thiazole rings is 1. The van der Waals surface area contributed by atoms with Crippen LogP contribution in [0.1, 0.15) is 10.4 Å². The van der Waals surface area contributed by atoms with E-state index in [4.69, 9.17) is 5.11 Å². The molecule has 0 radical (unpaired) electrons. The van der Waals surface area contributed by atoms with Crippen molar-refractivity contribution in [1.82, 2.24) is 4.98 Å². The van der Waals surface area contributed by atoms with E-state index in [1.807, 2.05) is 0 Å². The first kappa shape index (κ1) is 13.8. The predicted octanol–water partition coefficient (Wildman–Crippen LogP) is 4.52. The third-order valence-corrected chi connectivity index (χ3v) is 4.56. The topological polar surface area (TPSA) is 50.2 Å². The highest BCUT2D eigenvalue weighted by Crippen LogP contribution is 2.32. The fraction of sp³-hybridized carbons (Fsp3) is 0. The van der Waals surface area contributed by atoms with Gasteiger partial charge in [-0.1, -0.05) is 0 Å². The van der Waals surface area contributed by atoms with E-state index >= 15 is 0 Å². The number of aromatic nitrogens is 1. The molecule has 3 nitrogen and oxygen atoms in total. The summed E-state index contributed by atoms with van der Waals surface area (Å²) in [6.45, 7) is 0. The lowest BCUT2D eigenvalue weighted by molar-refractivity contribution is 0.0697. The van der Waals surface area contributed by atoms with Crippen LogP contribution in [0.3, 0.4) is 0 Å². The molecule has 21 heavy (non-hydrogen) atoms. The Morgan fingerprint density at radius 3 is 2.38 bits per heavy atom. The van der Waals surface area contributed by atoms with E-state index in [0.717, 1.165) is 6.07 Å². The van der Waals surface area contributed by atoms with Gasteiger partial charge in [-0.15, -0.1) is 22.7 Å². The molecule has 0 aliphatic carbocycles. The zero-order valence-electron chi connectivity index (χ0n) is 10.3. The Hall–Kier alpha value is -2.12. The smallest absolute Gasteiger partial charge is 0.336 e. The molecule has 1 N–H and O–H groups in total. The van der Waals surface area contributed by atoms with Crippen molar-refractivity contribution in [2.24, 2.45) is 0 Å². The largest absolute Gasteiger partial charge is 0.478 e. The molecule has 2 heterocycles. The van der Waals surface area contributed by atoms with Crippen LogP contribution in [0.15, 0.2) is 35.0 Å². The number of carbonyl (C=O) groups is 1. The summed E-state index contributed by atoms with van der Waals surface area (Å²) < 4.78 is 26.4. The van der Waals surface area contributed by atoms with Gasteiger partial charge in [0.25, 0.3) is 0 Å². The highest BCUT2D eigenvalue weighted by molar-refractivity contribution is 7.15. The van der Waals surface area contributed by atoms with Crippen molar-refractivity contribution in [2.45, 2.75) is 0 Å². The molecule has 3 rings (SSSR count). The number of nitrogens with zero attached hydrogens (tertiary/aromatic N) is 1. The van der Waals surface area contributed by atoms with E-state index in [1.54, 1.807) is 5.38 Å². The molecule has 106 valence electrons. The average molecular weight is 323 g/mol. The molecule has 7 heteroatoms. The van der Waals surface area contributed by atoms with Gasteiger partial charge in [0.15, 0.2) is 0 Å². The summed E-state index contributed by atoms with van der Waals surface area (Å²) in [5, 5.41) is 12.6. The van der Waals surface area contributed by atoms with Gasteiger partial charge in [-0.2, -0.15) is 0 Å². The summed E-state index contributed by atoms with van der Waals surface area (Å²) in [5.74, 6) is -2.32. The highest BCUT2D eigenvalue weighted by atomic mass is 32.1. The summed E-state index contributed by atoms with van der Waals surface area (Å²) >= 11 is 2.51. The minimum Gasteiger partial charge on any atom is -0.478 e. The van der Waals surface area contributed by atoms with Crippen molar-refractivity contribution in [3.8, 4) is 21.1 Å². The minimum atomic E-state index is -1.000.